The first kappa shape index (κ1) is 29.7. The van der Waals surface area contributed by atoms with Crippen molar-refractivity contribution in [3.05, 3.63) is 52.2 Å². The molecule has 1 aliphatic carbocycles. The Kier molecular flexibility index (Phi) is 10.0. The first-order chi connectivity index (χ1) is 17.9. The van der Waals surface area contributed by atoms with Crippen LogP contribution in [0.4, 0.5) is 13.2 Å². The average Bonchev–Trinajstić information content (AvgIpc) is 2.88. The molecular formula is C29H40F3N3O3. The Morgan fingerprint density at radius 2 is 1.87 bits per heavy atom. The standard InChI is InChI=1S/C29H40F3N3O3/c1-4-18(2)25(14-19(3)28(33)24-12-9-21(16-26(24)37)29(30,31)32)34-22-6-5-13-35(17-22)27(38)15-20-7-10-23(36)11-8-20/h9,12,14,16,20,22-23,33-34,36-37H,4-8,10-11,13,15,17H2,1-3H3/b19-14-,25-18-,33-28?. The van der Waals surface area contributed by atoms with E-state index in [1.165, 1.54) is 0 Å². The van der Waals surface area contributed by atoms with Gasteiger partial charge in [0, 0.05) is 36.8 Å². The van der Waals surface area contributed by atoms with Crippen molar-refractivity contribution in [3.63, 3.8) is 0 Å². The van der Waals surface area contributed by atoms with Crippen molar-refractivity contribution < 1.29 is 28.2 Å². The molecule has 1 unspecified atom stereocenters. The summed E-state index contributed by atoms with van der Waals surface area (Å²) in [6.45, 7) is 7.00. The maximum atomic E-state index is 13.0. The lowest BCUT2D eigenvalue weighted by atomic mass is 9.85. The number of piperidine rings is 1. The van der Waals surface area contributed by atoms with E-state index in [4.69, 9.17) is 5.41 Å². The van der Waals surface area contributed by atoms with E-state index in [1.807, 2.05) is 18.7 Å². The number of benzene rings is 1. The third-order valence-electron chi connectivity index (χ3n) is 7.75. The molecule has 2 fully saturated rings. The van der Waals surface area contributed by atoms with Crippen LogP contribution in [0.3, 0.4) is 0 Å². The number of carbonyl (C=O) groups excluding carboxylic acids is 1. The summed E-state index contributed by atoms with van der Waals surface area (Å²) < 4.78 is 38.9. The van der Waals surface area contributed by atoms with E-state index in [2.05, 4.69) is 5.32 Å². The molecule has 0 radical (unpaired) electrons. The van der Waals surface area contributed by atoms with Crippen molar-refractivity contribution in [2.75, 3.05) is 13.1 Å². The van der Waals surface area contributed by atoms with E-state index < -0.39 is 17.5 Å². The average molecular weight is 536 g/mol. The summed E-state index contributed by atoms with van der Waals surface area (Å²) in [7, 11) is 0. The zero-order valence-electron chi connectivity index (χ0n) is 22.5. The number of carbonyl (C=O) groups is 1. The third-order valence-corrected chi connectivity index (χ3v) is 7.75. The van der Waals surface area contributed by atoms with Gasteiger partial charge in [-0.15, -0.1) is 0 Å². The van der Waals surface area contributed by atoms with Gasteiger partial charge in [-0.3, -0.25) is 10.2 Å². The fourth-order valence-corrected chi connectivity index (χ4v) is 5.17. The summed E-state index contributed by atoms with van der Waals surface area (Å²) in [6, 6.07) is 2.67. The van der Waals surface area contributed by atoms with Crippen LogP contribution in [0.25, 0.3) is 0 Å². The van der Waals surface area contributed by atoms with Gasteiger partial charge in [0.15, 0.2) is 0 Å². The van der Waals surface area contributed by atoms with Gasteiger partial charge in [0.25, 0.3) is 0 Å². The van der Waals surface area contributed by atoms with Crippen molar-refractivity contribution >= 4 is 11.6 Å². The molecule has 1 saturated heterocycles. The van der Waals surface area contributed by atoms with Crippen molar-refractivity contribution in [1.82, 2.24) is 10.2 Å². The number of allylic oxidation sites excluding steroid dienone is 3. The summed E-state index contributed by atoms with van der Waals surface area (Å²) in [5.74, 6) is -0.102. The number of halogens is 3. The number of hydrogen-bond donors (Lipinski definition) is 4. The van der Waals surface area contributed by atoms with Crippen LogP contribution in [0.5, 0.6) is 5.75 Å². The normalized spacial score (nSPS) is 23.6. The minimum absolute atomic E-state index is 0.0323. The van der Waals surface area contributed by atoms with Crippen LogP contribution in [-0.2, 0) is 11.0 Å². The van der Waals surface area contributed by atoms with Crippen LogP contribution < -0.4 is 5.32 Å². The predicted molar refractivity (Wildman–Crippen MR) is 142 cm³/mol. The smallest absolute Gasteiger partial charge is 0.416 e. The monoisotopic (exact) mass is 535 g/mol. The Hall–Kier alpha value is -2.81. The summed E-state index contributed by atoms with van der Waals surface area (Å²) in [6.07, 6.45) is 3.32. The number of alkyl halides is 3. The van der Waals surface area contributed by atoms with Crippen molar-refractivity contribution in [1.29, 1.82) is 5.41 Å². The van der Waals surface area contributed by atoms with Gasteiger partial charge >= 0.3 is 6.18 Å². The Morgan fingerprint density at radius 1 is 1.18 bits per heavy atom. The number of aliphatic hydroxyl groups excluding tert-OH is 1. The highest BCUT2D eigenvalue weighted by atomic mass is 19.4. The van der Waals surface area contributed by atoms with Crippen LogP contribution in [0.1, 0.15) is 83.3 Å². The number of nitrogens with one attached hydrogen (secondary N) is 2. The van der Waals surface area contributed by atoms with Gasteiger partial charge in [-0.25, -0.2) is 0 Å². The Bertz CT molecular complexity index is 1070. The molecule has 1 aliphatic heterocycles. The van der Waals surface area contributed by atoms with Gasteiger partial charge < -0.3 is 20.4 Å². The molecule has 1 aromatic carbocycles. The fourth-order valence-electron chi connectivity index (χ4n) is 5.17. The van der Waals surface area contributed by atoms with Gasteiger partial charge in [-0.05, 0) is 94.6 Å². The highest BCUT2D eigenvalue weighted by Gasteiger charge is 2.31. The first-order valence-corrected chi connectivity index (χ1v) is 13.5. The van der Waals surface area contributed by atoms with Crippen LogP contribution in [0.15, 0.2) is 41.1 Å². The van der Waals surface area contributed by atoms with Crippen LogP contribution in [-0.4, -0.2) is 52.0 Å². The second kappa shape index (κ2) is 12.8. The summed E-state index contributed by atoms with van der Waals surface area (Å²) in [5, 5.41) is 32.0. The lowest BCUT2D eigenvalue weighted by Crippen LogP contribution is -2.48. The summed E-state index contributed by atoms with van der Waals surface area (Å²) >= 11 is 0. The molecule has 1 atom stereocenters. The van der Waals surface area contributed by atoms with Gasteiger partial charge in [0.05, 0.1) is 17.4 Å². The van der Waals surface area contributed by atoms with Crippen LogP contribution in [0, 0.1) is 11.3 Å². The van der Waals surface area contributed by atoms with E-state index in [-0.39, 0.29) is 29.3 Å². The molecule has 1 amide bonds. The lowest BCUT2D eigenvalue weighted by molar-refractivity contribution is -0.137. The van der Waals surface area contributed by atoms with Crippen molar-refractivity contribution in [2.45, 2.75) is 90.5 Å². The molecule has 9 heteroatoms. The molecule has 0 spiro atoms. The Balaban J connectivity index is 1.69. The first-order valence-electron chi connectivity index (χ1n) is 13.5. The van der Waals surface area contributed by atoms with Gasteiger partial charge in [0.1, 0.15) is 5.75 Å². The quantitative estimate of drug-likeness (QED) is 0.245. The molecule has 1 aromatic rings. The Labute approximate surface area is 223 Å². The maximum absolute atomic E-state index is 13.0. The van der Waals surface area contributed by atoms with E-state index in [0.29, 0.717) is 30.5 Å². The molecule has 3 rings (SSSR count). The largest absolute Gasteiger partial charge is 0.507 e. The molecule has 0 bridgehead atoms. The lowest BCUT2D eigenvalue weighted by Gasteiger charge is -2.35. The number of aliphatic hydroxyl groups is 1. The molecule has 1 saturated carbocycles. The van der Waals surface area contributed by atoms with Gasteiger partial charge in [-0.2, -0.15) is 13.2 Å². The SMILES string of the molecule is CC/C(C)=C(/C=C(/C)C(=N)c1ccc(C(F)(F)F)cc1O)NC1CCCN(C(=O)CC2CCC(O)CC2)C1. The second-order valence-electron chi connectivity index (χ2n) is 10.7. The molecule has 1 heterocycles. The van der Waals surface area contributed by atoms with Crippen molar-refractivity contribution in [2.24, 2.45) is 5.92 Å². The highest BCUT2D eigenvalue weighted by molar-refractivity contribution is 6.12. The van der Waals surface area contributed by atoms with E-state index >= 15 is 0 Å². The van der Waals surface area contributed by atoms with Gasteiger partial charge in [-0.1, -0.05) is 12.5 Å². The molecule has 38 heavy (non-hydrogen) atoms. The van der Waals surface area contributed by atoms with E-state index in [0.717, 1.165) is 74.9 Å². The minimum Gasteiger partial charge on any atom is -0.507 e. The molecular weight excluding hydrogens is 495 g/mol. The number of likely N-dealkylation sites (tertiary alicyclic amines) is 1. The number of nitrogens with zero attached hydrogens (tertiary/aromatic N) is 1. The number of aromatic hydroxyl groups is 1. The summed E-state index contributed by atoms with van der Waals surface area (Å²) in [4.78, 5) is 14.9. The molecule has 210 valence electrons. The summed E-state index contributed by atoms with van der Waals surface area (Å²) in [5.41, 5.74) is 1.38. The van der Waals surface area contributed by atoms with Crippen LogP contribution >= 0.6 is 0 Å². The number of amides is 1. The van der Waals surface area contributed by atoms with Gasteiger partial charge in [0.2, 0.25) is 5.91 Å². The van der Waals surface area contributed by atoms with E-state index in [1.54, 1.807) is 13.0 Å². The zero-order chi connectivity index (χ0) is 28.0. The number of rotatable bonds is 8. The van der Waals surface area contributed by atoms with Crippen LogP contribution in [0.2, 0.25) is 0 Å². The Morgan fingerprint density at radius 3 is 2.47 bits per heavy atom. The number of phenols is 1. The number of hydrogen-bond acceptors (Lipinski definition) is 5. The minimum atomic E-state index is -4.57. The van der Waals surface area contributed by atoms with E-state index in [9.17, 15) is 28.2 Å². The van der Waals surface area contributed by atoms with Crippen molar-refractivity contribution in [3.8, 4) is 5.75 Å². The predicted octanol–water partition coefficient (Wildman–Crippen LogP) is 5.93. The molecule has 2 aliphatic rings. The number of phenolic OH excluding ortho intramolecular Hbond substituents is 1. The molecule has 4 N–H and O–H groups in total. The topological polar surface area (TPSA) is 96.7 Å². The molecule has 6 nitrogen and oxygen atoms in total. The molecule has 0 aromatic heterocycles. The second-order valence-corrected chi connectivity index (χ2v) is 10.7. The third kappa shape index (κ3) is 7.85. The highest BCUT2D eigenvalue weighted by Crippen LogP contribution is 2.33. The fraction of sp³-hybridized carbons (Fsp3) is 0.586. The maximum Gasteiger partial charge on any atom is 0.416 e. The zero-order valence-corrected chi connectivity index (χ0v) is 22.5.